The van der Waals surface area contributed by atoms with Crippen molar-refractivity contribution in [1.82, 2.24) is 8.01 Å². The summed E-state index contributed by atoms with van der Waals surface area (Å²) in [7, 11) is 0. The fraction of sp³-hybridized carbons (Fsp3) is 0.909. The minimum Gasteiger partial charge on any atom is -0.449 e. The van der Waals surface area contributed by atoms with Crippen LogP contribution in [0.2, 0.25) is 0 Å². The maximum absolute atomic E-state index is 11.8. The lowest BCUT2D eigenvalue weighted by Gasteiger charge is -2.36. The molecule has 0 aromatic carbocycles. The van der Waals surface area contributed by atoms with E-state index in [1.807, 2.05) is 4.90 Å². The van der Waals surface area contributed by atoms with Crippen LogP contribution in [-0.2, 0) is 4.74 Å². The van der Waals surface area contributed by atoms with Crippen LogP contribution in [0.25, 0.3) is 0 Å². The minimum absolute atomic E-state index is 0.0911. The molecular weight excluding hydrogens is 319 g/mol. The lowest BCUT2D eigenvalue weighted by Crippen LogP contribution is -2.46. The Morgan fingerprint density at radius 3 is 2.62 bits per heavy atom. The first-order valence-corrected chi connectivity index (χ1v) is 7.08. The molecule has 0 saturated carbocycles. The van der Waals surface area contributed by atoms with Crippen LogP contribution in [-0.4, -0.2) is 46.4 Å². The molecule has 0 atom stereocenters. The summed E-state index contributed by atoms with van der Waals surface area (Å²) < 4.78 is 7.54. The number of piperidine rings is 1. The minimum atomic E-state index is -0.0911. The lowest BCUT2D eigenvalue weighted by atomic mass is 10.0. The van der Waals surface area contributed by atoms with E-state index in [-0.39, 0.29) is 6.09 Å². The first kappa shape index (κ1) is 12.4. The summed E-state index contributed by atoms with van der Waals surface area (Å²) in [4.78, 5) is 13.8. The van der Waals surface area contributed by atoms with Gasteiger partial charge in [0.2, 0.25) is 0 Å². The fourth-order valence-corrected chi connectivity index (χ4v) is 2.93. The Morgan fingerprint density at radius 1 is 1.12 bits per heavy atom. The van der Waals surface area contributed by atoms with Crippen molar-refractivity contribution in [3.63, 3.8) is 0 Å². The number of cyclic esters (lactones) is 1. The number of ether oxygens (including phenoxy) is 1. The molecule has 0 aliphatic carbocycles. The number of carbonyl (C=O) groups is 1. The van der Waals surface area contributed by atoms with Crippen LogP contribution in [0, 0.1) is 0 Å². The van der Waals surface area contributed by atoms with Crippen LogP contribution in [0.15, 0.2) is 0 Å². The topological polar surface area (TPSA) is 32.8 Å². The molecule has 0 unspecified atom stereocenters. The lowest BCUT2D eigenvalue weighted by molar-refractivity contribution is 0.0651. The Labute approximate surface area is 111 Å². The molecule has 92 valence electrons. The molecule has 0 aromatic rings. The molecule has 4 nitrogen and oxygen atoms in total. The summed E-state index contributed by atoms with van der Waals surface area (Å²) in [6.07, 6.45) is 5.39. The van der Waals surface area contributed by atoms with E-state index < -0.39 is 0 Å². The van der Waals surface area contributed by atoms with Crippen molar-refractivity contribution < 1.29 is 9.53 Å². The highest BCUT2D eigenvalue weighted by molar-refractivity contribution is 14.1. The zero-order chi connectivity index (χ0) is 11.4. The van der Waals surface area contributed by atoms with Gasteiger partial charge in [-0.15, -0.1) is 0 Å². The quantitative estimate of drug-likeness (QED) is 0.544. The predicted octanol–water partition coefficient (Wildman–Crippen LogP) is 2.42. The van der Waals surface area contributed by atoms with E-state index in [2.05, 4.69) is 26.0 Å². The van der Waals surface area contributed by atoms with E-state index in [1.165, 1.54) is 6.42 Å². The van der Waals surface area contributed by atoms with E-state index in [1.54, 1.807) is 0 Å². The first-order chi connectivity index (χ1) is 7.77. The maximum Gasteiger partial charge on any atom is 0.410 e. The Hall–Kier alpha value is -0.0400. The molecule has 2 aliphatic rings. The number of hydrogen-bond acceptors (Lipinski definition) is 3. The zero-order valence-electron chi connectivity index (χ0n) is 9.53. The third-order valence-corrected chi connectivity index (χ3v) is 4.32. The van der Waals surface area contributed by atoms with Crippen molar-refractivity contribution >= 4 is 29.0 Å². The fourth-order valence-electron chi connectivity index (χ4n) is 2.37. The summed E-state index contributed by atoms with van der Waals surface area (Å²) in [5.41, 5.74) is 0. The summed E-state index contributed by atoms with van der Waals surface area (Å²) in [5.74, 6) is 0. The molecule has 2 heterocycles. The van der Waals surface area contributed by atoms with Gasteiger partial charge in [-0.1, -0.05) is 0 Å². The molecule has 2 fully saturated rings. The van der Waals surface area contributed by atoms with E-state index in [0.717, 1.165) is 45.3 Å². The molecule has 0 spiro atoms. The van der Waals surface area contributed by atoms with Gasteiger partial charge in [0.1, 0.15) is 0 Å². The number of carbonyl (C=O) groups excluding carboxylic acids is 1. The summed E-state index contributed by atoms with van der Waals surface area (Å²) in [6.45, 7) is 3.63. The van der Waals surface area contributed by atoms with E-state index in [9.17, 15) is 4.79 Å². The summed E-state index contributed by atoms with van der Waals surface area (Å²) in [5, 5.41) is 0. The first-order valence-electron chi connectivity index (χ1n) is 6.11. The maximum atomic E-state index is 11.8. The highest BCUT2D eigenvalue weighted by Crippen LogP contribution is 2.21. The second-order valence-electron chi connectivity index (χ2n) is 4.51. The van der Waals surface area contributed by atoms with Crippen LogP contribution in [0.1, 0.15) is 32.1 Å². The third-order valence-electron chi connectivity index (χ3n) is 3.35. The molecule has 2 rings (SSSR count). The van der Waals surface area contributed by atoms with E-state index in [4.69, 9.17) is 4.74 Å². The standard InChI is InChI=1S/C11H19IN2O2/c12-13-7-4-10(5-8-13)14-6-2-1-3-9-16-11(14)15/h10H,1-9H2. The second kappa shape index (κ2) is 6.05. The smallest absolute Gasteiger partial charge is 0.410 e. The van der Waals surface area contributed by atoms with Crippen molar-refractivity contribution in [2.45, 2.75) is 38.1 Å². The average molecular weight is 338 g/mol. The van der Waals surface area contributed by atoms with Crippen molar-refractivity contribution in [3.05, 3.63) is 0 Å². The molecule has 0 aromatic heterocycles. The monoisotopic (exact) mass is 338 g/mol. The Balaban J connectivity index is 1.91. The van der Waals surface area contributed by atoms with Gasteiger partial charge in [-0.2, -0.15) is 0 Å². The van der Waals surface area contributed by atoms with Crippen LogP contribution >= 0.6 is 22.9 Å². The zero-order valence-corrected chi connectivity index (χ0v) is 11.7. The van der Waals surface area contributed by atoms with Crippen LogP contribution in [0.4, 0.5) is 4.79 Å². The average Bonchev–Trinajstić information content (AvgIpc) is 2.26. The molecule has 1 amide bonds. The van der Waals surface area contributed by atoms with Gasteiger partial charge < -0.3 is 9.64 Å². The molecule has 2 saturated heterocycles. The molecule has 16 heavy (non-hydrogen) atoms. The van der Waals surface area contributed by atoms with Gasteiger partial charge in [0.25, 0.3) is 0 Å². The van der Waals surface area contributed by atoms with Gasteiger partial charge in [-0.25, -0.2) is 7.91 Å². The summed E-state index contributed by atoms with van der Waals surface area (Å²) in [6, 6.07) is 0.400. The number of nitrogens with zero attached hydrogens (tertiary/aromatic N) is 2. The van der Waals surface area contributed by atoms with Crippen molar-refractivity contribution in [3.8, 4) is 0 Å². The van der Waals surface area contributed by atoms with E-state index >= 15 is 0 Å². The largest absolute Gasteiger partial charge is 0.449 e. The molecule has 0 radical (unpaired) electrons. The summed E-state index contributed by atoms with van der Waals surface area (Å²) >= 11 is 2.36. The Morgan fingerprint density at radius 2 is 1.88 bits per heavy atom. The van der Waals surface area contributed by atoms with E-state index in [0.29, 0.717) is 12.6 Å². The van der Waals surface area contributed by atoms with Crippen LogP contribution < -0.4 is 0 Å². The van der Waals surface area contributed by atoms with Crippen LogP contribution in [0.3, 0.4) is 0 Å². The van der Waals surface area contributed by atoms with Gasteiger partial charge >= 0.3 is 6.09 Å². The van der Waals surface area contributed by atoms with Gasteiger partial charge in [-0.3, -0.25) is 0 Å². The second-order valence-corrected chi connectivity index (χ2v) is 5.87. The Kier molecular flexibility index (Phi) is 4.69. The van der Waals surface area contributed by atoms with Gasteiger partial charge in [-0.05, 0) is 32.1 Å². The number of rotatable bonds is 1. The molecule has 2 aliphatic heterocycles. The van der Waals surface area contributed by atoms with Gasteiger partial charge in [0, 0.05) is 48.5 Å². The van der Waals surface area contributed by atoms with Crippen LogP contribution in [0.5, 0.6) is 0 Å². The molecule has 0 bridgehead atoms. The van der Waals surface area contributed by atoms with Crippen molar-refractivity contribution in [2.75, 3.05) is 26.2 Å². The number of amides is 1. The van der Waals surface area contributed by atoms with Gasteiger partial charge in [0.05, 0.1) is 6.61 Å². The SMILES string of the molecule is O=C1OCCCCCN1C1CCN(I)CC1. The van der Waals surface area contributed by atoms with Crippen molar-refractivity contribution in [1.29, 1.82) is 0 Å². The molecular formula is C11H19IN2O2. The highest BCUT2D eigenvalue weighted by atomic mass is 127. The molecule has 5 heteroatoms. The third kappa shape index (κ3) is 3.23. The van der Waals surface area contributed by atoms with Gasteiger partial charge in [0.15, 0.2) is 0 Å². The van der Waals surface area contributed by atoms with Crippen molar-refractivity contribution in [2.24, 2.45) is 0 Å². The molecule has 0 N–H and O–H groups in total. The predicted molar refractivity (Wildman–Crippen MR) is 70.5 cm³/mol. The Bertz CT molecular complexity index is 242. The number of hydrogen-bond donors (Lipinski definition) is 0. The normalized spacial score (nSPS) is 26.1. The highest BCUT2D eigenvalue weighted by Gasteiger charge is 2.28. The number of halogens is 1.